The molecule has 1 aromatic carbocycles. The Morgan fingerprint density at radius 2 is 1.83 bits per heavy atom. The van der Waals surface area contributed by atoms with Gasteiger partial charge in [0.25, 0.3) is 5.91 Å². The number of carbonyl (C=O) groups is 1. The highest BCUT2D eigenvalue weighted by molar-refractivity contribution is 6.06. The summed E-state index contributed by atoms with van der Waals surface area (Å²) in [5.41, 5.74) is 4.13. The molecule has 1 saturated heterocycles. The summed E-state index contributed by atoms with van der Waals surface area (Å²) in [5.74, 6) is -0.0761. The Balaban J connectivity index is 1.52. The average Bonchev–Trinajstić information content (AvgIpc) is 3.49. The van der Waals surface area contributed by atoms with Crippen LogP contribution in [0, 0.1) is 12.9 Å². The third kappa shape index (κ3) is 4.24. The zero-order valence-electron chi connectivity index (χ0n) is 21.3. The Morgan fingerprint density at radius 3 is 2.53 bits per heavy atom. The van der Waals surface area contributed by atoms with Gasteiger partial charge in [0.2, 0.25) is 5.95 Å². The van der Waals surface area contributed by atoms with Crippen molar-refractivity contribution >= 4 is 22.9 Å². The minimum absolute atomic E-state index is 0.0511. The molecular weight excluding hydrogens is 459 g/mol. The van der Waals surface area contributed by atoms with Gasteiger partial charge in [-0.05, 0) is 74.7 Å². The molecule has 3 aromatic heterocycles. The van der Waals surface area contributed by atoms with Crippen LogP contribution in [0.15, 0.2) is 48.8 Å². The molecule has 0 aliphatic carbocycles. The van der Waals surface area contributed by atoms with Crippen LogP contribution in [0.5, 0.6) is 0 Å². The van der Waals surface area contributed by atoms with Crippen molar-refractivity contribution in [1.82, 2.24) is 19.4 Å². The molecule has 0 unspecified atom stereocenters. The van der Waals surface area contributed by atoms with E-state index < -0.39 is 17.4 Å². The van der Waals surface area contributed by atoms with Gasteiger partial charge >= 0.3 is 0 Å². The number of halogens is 1. The van der Waals surface area contributed by atoms with Gasteiger partial charge in [-0.3, -0.25) is 4.79 Å². The Kier molecular flexibility index (Phi) is 6.04. The van der Waals surface area contributed by atoms with Gasteiger partial charge in [0.1, 0.15) is 11.4 Å². The fraction of sp³-hybridized carbons (Fsp3) is 0.370. The number of fused-ring (bicyclic) bond motifs is 1. The first-order chi connectivity index (χ1) is 17.1. The Bertz CT molecular complexity index is 1430. The third-order valence-corrected chi connectivity index (χ3v) is 6.61. The summed E-state index contributed by atoms with van der Waals surface area (Å²) in [4.78, 5) is 17.0. The maximum atomic E-state index is 15.0. The van der Waals surface area contributed by atoms with E-state index in [4.69, 9.17) is 4.74 Å². The quantitative estimate of drug-likeness (QED) is 0.421. The van der Waals surface area contributed by atoms with Crippen molar-refractivity contribution in [3.8, 4) is 11.1 Å². The van der Waals surface area contributed by atoms with Crippen molar-refractivity contribution in [3.63, 3.8) is 0 Å². The first kappa shape index (κ1) is 24.0. The van der Waals surface area contributed by atoms with Gasteiger partial charge in [-0.2, -0.15) is 14.6 Å². The van der Waals surface area contributed by atoms with Crippen LogP contribution in [0.1, 0.15) is 36.7 Å². The van der Waals surface area contributed by atoms with Gasteiger partial charge in [-0.15, -0.1) is 0 Å². The second-order valence-corrected chi connectivity index (χ2v) is 10.2. The van der Waals surface area contributed by atoms with E-state index in [-0.39, 0.29) is 5.56 Å². The second kappa shape index (κ2) is 9.05. The largest absolute Gasteiger partial charge is 0.378 e. The lowest BCUT2D eigenvalue weighted by Gasteiger charge is -2.29. The van der Waals surface area contributed by atoms with Gasteiger partial charge in [-0.1, -0.05) is 6.07 Å². The van der Waals surface area contributed by atoms with E-state index in [9.17, 15) is 4.79 Å². The summed E-state index contributed by atoms with van der Waals surface area (Å²) in [5, 5.41) is 8.63. The molecule has 0 N–H and O–H groups in total. The van der Waals surface area contributed by atoms with Crippen LogP contribution in [0.4, 0.5) is 15.9 Å². The average molecular weight is 491 g/mol. The summed E-state index contributed by atoms with van der Waals surface area (Å²) in [6.07, 6.45) is 3.10. The van der Waals surface area contributed by atoms with E-state index in [0.29, 0.717) is 18.9 Å². The van der Waals surface area contributed by atoms with E-state index >= 15 is 4.39 Å². The predicted octanol–water partition coefficient (Wildman–Crippen LogP) is 4.51. The molecule has 8 nitrogen and oxygen atoms in total. The molecule has 5 rings (SSSR count). The van der Waals surface area contributed by atoms with E-state index in [0.717, 1.165) is 41.1 Å². The standard InChI is InChI=1S/C27H31FN6O2/c1-18-6-7-20(31(5)26(35)23-17-30-34(25(23)28)27(2,3)4)16-22(18)19-14-21-8-9-29-33(21)24(15-19)32-10-12-36-13-11-32/h6-9,14-17H,10-13H2,1-5H3. The van der Waals surface area contributed by atoms with Gasteiger partial charge in [0.15, 0.2) is 0 Å². The highest BCUT2D eigenvalue weighted by Gasteiger charge is 2.27. The van der Waals surface area contributed by atoms with Crippen molar-refractivity contribution in [3.05, 3.63) is 65.9 Å². The van der Waals surface area contributed by atoms with Crippen molar-refractivity contribution in [2.45, 2.75) is 33.2 Å². The first-order valence-corrected chi connectivity index (χ1v) is 12.1. The SMILES string of the molecule is Cc1ccc(N(C)C(=O)c2cnn(C(C)(C)C)c2F)cc1-c1cc(N2CCOCC2)n2nccc2c1. The normalized spacial score (nSPS) is 14.4. The van der Waals surface area contributed by atoms with Crippen molar-refractivity contribution in [2.75, 3.05) is 43.2 Å². The lowest BCUT2D eigenvalue weighted by molar-refractivity contribution is 0.0988. The molecule has 1 aliphatic heterocycles. The van der Waals surface area contributed by atoms with Gasteiger partial charge < -0.3 is 14.5 Å². The number of morpholine rings is 1. The number of aromatic nitrogens is 4. The van der Waals surface area contributed by atoms with E-state index in [1.807, 2.05) is 56.5 Å². The molecule has 36 heavy (non-hydrogen) atoms. The second-order valence-electron chi connectivity index (χ2n) is 10.2. The minimum atomic E-state index is -0.631. The number of rotatable bonds is 4. The summed E-state index contributed by atoms with van der Waals surface area (Å²) < 4.78 is 23.8. The van der Waals surface area contributed by atoms with Crippen LogP contribution in [0.2, 0.25) is 0 Å². The number of amides is 1. The Morgan fingerprint density at radius 1 is 1.08 bits per heavy atom. The fourth-order valence-corrected chi connectivity index (χ4v) is 4.56. The smallest absolute Gasteiger partial charge is 0.264 e. The lowest BCUT2D eigenvalue weighted by Crippen LogP contribution is -2.37. The zero-order valence-corrected chi connectivity index (χ0v) is 21.3. The van der Waals surface area contributed by atoms with Gasteiger partial charge in [0.05, 0.1) is 36.7 Å². The summed E-state index contributed by atoms with van der Waals surface area (Å²) in [6, 6.07) is 12.0. The number of nitrogens with zero attached hydrogens (tertiary/aromatic N) is 6. The van der Waals surface area contributed by atoms with Crippen LogP contribution >= 0.6 is 0 Å². The highest BCUT2D eigenvalue weighted by Crippen LogP contribution is 2.33. The summed E-state index contributed by atoms with van der Waals surface area (Å²) >= 11 is 0. The highest BCUT2D eigenvalue weighted by atomic mass is 19.1. The Labute approximate surface area is 209 Å². The molecule has 188 valence electrons. The van der Waals surface area contributed by atoms with Crippen LogP contribution < -0.4 is 9.80 Å². The van der Waals surface area contributed by atoms with E-state index in [2.05, 4.69) is 27.2 Å². The maximum Gasteiger partial charge on any atom is 0.264 e. The van der Waals surface area contributed by atoms with Crippen LogP contribution in [0.3, 0.4) is 0 Å². The number of anilines is 2. The molecule has 4 aromatic rings. The Hall–Kier alpha value is -3.72. The molecule has 0 atom stereocenters. The zero-order chi connectivity index (χ0) is 25.6. The van der Waals surface area contributed by atoms with Crippen LogP contribution in [-0.4, -0.2) is 58.7 Å². The molecule has 0 spiro atoms. The van der Waals surface area contributed by atoms with Crippen molar-refractivity contribution < 1.29 is 13.9 Å². The molecular formula is C27H31FN6O2. The molecule has 9 heteroatoms. The number of ether oxygens (including phenoxy) is 1. The summed E-state index contributed by atoms with van der Waals surface area (Å²) in [6.45, 7) is 10.5. The predicted molar refractivity (Wildman–Crippen MR) is 138 cm³/mol. The van der Waals surface area contributed by atoms with E-state index in [1.54, 1.807) is 13.2 Å². The number of pyridine rings is 1. The van der Waals surface area contributed by atoms with Crippen LogP contribution in [0.25, 0.3) is 16.6 Å². The third-order valence-electron chi connectivity index (χ3n) is 6.61. The minimum Gasteiger partial charge on any atom is -0.378 e. The molecule has 1 amide bonds. The number of carbonyl (C=O) groups excluding carboxylic acids is 1. The van der Waals surface area contributed by atoms with Crippen LogP contribution in [-0.2, 0) is 10.3 Å². The number of hydrogen-bond acceptors (Lipinski definition) is 5. The van der Waals surface area contributed by atoms with Gasteiger partial charge in [-0.25, -0.2) is 9.20 Å². The fourth-order valence-electron chi connectivity index (χ4n) is 4.56. The number of hydrogen-bond donors (Lipinski definition) is 0. The molecule has 0 radical (unpaired) electrons. The molecule has 0 bridgehead atoms. The number of aryl methyl sites for hydroxylation is 1. The topological polar surface area (TPSA) is 67.9 Å². The number of benzene rings is 1. The monoisotopic (exact) mass is 490 g/mol. The molecule has 1 fully saturated rings. The lowest BCUT2D eigenvalue weighted by atomic mass is 9.99. The maximum absolute atomic E-state index is 15.0. The van der Waals surface area contributed by atoms with E-state index in [1.165, 1.54) is 15.8 Å². The van der Waals surface area contributed by atoms with Crippen molar-refractivity contribution in [1.29, 1.82) is 0 Å². The van der Waals surface area contributed by atoms with Gasteiger partial charge in [0, 0.05) is 25.8 Å². The summed E-state index contributed by atoms with van der Waals surface area (Å²) in [7, 11) is 1.66. The van der Waals surface area contributed by atoms with Crippen molar-refractivity contribution in [2.24, 2.45) is 0 Å². The molecule has 1 aliphatic rings. The molecule has 0 saturated carbocycles. The first-order valence-electron chi connectivity index (χ1n) is 12.1. The molecule has 4 heterocycles.